The number of fused-ring (bicyclic) bond motifs is 2. The molecule has 2 saturated heterocycles. The molecule has 1 aromatic rings. The Bertz CT molecular complexity index is 456. The Morgan fingerprint density at radius 1 is 1.32 bits per heavy atom. The van der Waals surface area contributed by atoms with Crippen molar-refractivity contribution >= 4 is 5.78 Å². The molecular formula is C16H22N2O. The van der Waals surface area contributed by atoms with Crippen molar-refractivity contribution in [1.82, 2.24) is 9.88 Å². The molecule has 3 nitrogen and oxygen atoms in total. The van der Waals surface area contributed by atoms with Crippen LogP contribution < -0.4 is 0 Å². The summed E-state index contributed by atoms with van der Waals surface area (Å²) in [6, 6.07) is 5.12. The van der Waals surface area contributed by atoms with E-state index >= 15 is 0 Å². The topological polar surface area (TPSA) is 33.2 Å². The molecule has 1 aromatic heterocycles. The van der Waals surface area contributed by atoms with Crippen LogP contribution in [-0.4, -0.2) is 27.8 Å². The summed E-state index contributed by atoms with van der Waals surface area (Å²) in [5, 5.41) is 0. The van der Waals surface area contributed by atoms with Gasteiger partial charge in [-0.05, 0) is 30.9 Å². The molecule has 102 valence electrons. The molecule has 0 amide bonds. The summed E-state index contributed by atoms with van der Waals surface area (Å²) in [6.45, 7) is 3.10. The lowest BCUT2D eigenvalue weighted by Crippen LogP contribution is -2.51. The van der Waals surface area contributed by atoms with E-state index in [0.717, 1.165) is 25.8 Å². The second kappa shape index (κ2) is 5.41. The van der Waals surface area contributed by atoms with Crippen molar-refractivity contribution < 1.29 is 4.79 Å². The van der Waals surface area contributed by atoms with Gasteiger partial charge in [0.25, 0.3) is 0 Å². The zero-order valence-electron chi connectivity index (χ0n) is 11.6. The van der Waals surface area contributed by atoms with Gasteiger partial charge in [0.2, 0.25) is 0 Å². The number of hydrogen-bond donors (Lipinski definition) is 0. The average molecular weight is 258 g/mol. The average Bonchev–Trinajstić information content (AvgIpc) is 2.40. The van der Waals surface area contributed by atoms with Crippen molar-refractivity contribution in [3.63, 3.8) is 0 Å². The van der Waals surface area contributed by atoms with E-state index in [1.165, 1.54) is 30.5 Å². The summed E-state index contributed by atoms with van der Waals surface area (Å²) < 4.78 is 0. The second-order valence-corrected chi connectivity index (χ2v) is 5.82. The maximum atomic E-state index is 11.8. The fourth-order valence-electron chi connectivity index (χ4n) is 3.63. The van der Waals surface area contributed by atoms with E-state index in [1.54, 1.807) is 0 Å². The first kappa shape index (κ1) is 12.8. The third-order valence-electron chi connectivity index (χ3n) is 4.64. The number of carbonyl (C=O) groups is 1. The summed E-state index contributed by atoms with van der Waals surface area (Å²) in [5.74, 6) is 0.461. The fourth-order valence-corrected chi connectivity index (χ4v) is 3.63. The van der Waals surface area contributed by atoms with Gasteiger partial charge in [0.1, 0.15) is 5.78 Å². The summed E-state index contributed by atoms with van der Waals surface area (Å²) in [5.41, 5.74) is 2.55. The first-order chi connectivity index (χ1) is 9.28. The predicted octanol–water partition coefficient (Wildman–Crippen LogP) is 2.73. The van der Waals surface area contributed by atoms with Gasteiger partial charge in [-0.1, -0.05) is 19.4 Å². The van der Waals surface area contributed by atoms with Crippen LogP contribution in [0.3, 0.4) is 0 Å². The summed E-state index contributed by atoms with van der Waals surface area (Å²) in [6.07, 6.45) is 8.06. The van der Waals surface area contributed by atoms with Crippen LogP contribution in [0.25, 0.3) is 0 Å². The number of carbonyl (C=O) groups excluding carboxylic acids is 1. The lowest BCUT2D eigenvalue weighted by molar-refractivity contribution is -0.127. The van der Waals surface area contributed by atoms with Gasteiger partial charge in [-0.2, -0.15) is 0 Å². The molecule has 0 spiro atoms. The number of hydrogen-bond acceptors (Lipinski definition) is 3. The molecule has 2 aliphatic heterocycles. The van der Waals surface area contributed by atoms with Gasteiger partial charge in [0, 0.05) is 37.7 Å². The van der Waals surface area contributed by atoms with E-state index in [9.17, 15) is 4.79 Å². The minimum Gasteiger partial charge on any atom is -0.300 e. The van der Waals surface area contributed by atoms with Gasteiger partial charge in [0.15, 0.2) is 0 Å². The third-order valence-corrected chi connectivity index (χ3v) is 4.64. The van der Waals surface area contributed by atoms with Crippen LogP contribution in [0, 0.1) is 0 Å². The molecule has 2 fully saturated rings. The number of rotatable bonds is 3. The van der Waals surface area contributed by atoms with Crippen molar-refractivity contribution in [3.8, 4) is 0 Å². The minimum atomic E-state index is 0.461. The molecule has 2 unspecified atom stereocenters. The molecule has 3 heteroatoms. The van der Waals surface area contributed by atoms with Gasteiger partial charge in [-0.3, -0.25) is 14.7 Å². The SMILES string of the molecule is CCc1cccnc1CN1C2CCCC1CC(=O)C2. The molecule has 0 saturated carbocycles. The quantitative estimate of drug-likeness (QED) is 0.836. The summed E-state index contributed by atoms with van der Waals surface area (Å²) >= 11 is 0. The molecule has 3 rings (SSSR count). The smallest absolute Gasteiger partial charge is 0.136 e. The van der Waals surface area contributed by atoms with E-state index in [0.29, 0.717) is 17.9 Å². The summed E-state index contributed by atoms with van der Waals surface area (Å²) in [7, 11) is 0. The number of piperidine rings is 2. The number of aromatic nitrogens is 1. The number of pyridine rings is 1. The maximum Gasteiger partial charge on any atom is 0.136 e. The van der Waals surface area contributed by atoms with Crippen LogP contribution in [-0.2, 0) is 17.8 Å². The Kier molecular flexibility index (Phi) is 3.65. The number of nitrogens with zero attached hydrogens (tertiary/aromatic N) is 2. The lowest BCUT2D eigenvalue weighted by Gasteiger charge is -2.45. The van der Waals surface area contributed by atoms with Crippen molar-refractivity contribution in [2.24, 2.45) is 0 Å². The highest BCUT2D eigenvalue weighted by Gasteiger charge is 2.37. The second-order valence-electron chi connectivity index (χ2n) is 5.82. The zero-order chi connectivity index (χ0) is 13.2. The first-order valence-corrected chi connectivity index (χ1v) is 7.48. The van der Waals surface area contributed by atoms with E-state index in [2.05, 4.69) is 22.9 Å². The Morgan fingerprint density at radius 3 is 2.74 bits per heavy atom. The van der Waals surface area contributed by atoms with Crippen LogP contribution in [0.15, 0.2) is 18.3 Å². The molecule has 0 N–H and O–H groups in total. The van der Waals surface area contributed by atoms with Gasteiger partial charge in [-0.25, -0.2) is 0 Å². The third kappa shape index (κ3) is 2.57. The molecule has 19 heavy (non-hydrogen) atoms. The molecule has 0 aliphatic carbocycles. The van der Waals surface area contributed by atoms with Crippen LogP contribution in [0.4, 0.5) is 0 Å². The van der Waals surface area contributed by atoms with Crippen LogP contribution in [0.2, 0.25) is 0 Å². The van der Waals surface area contributed by atoms with Gasteiger partial charge in [-0.15, -0.1) is 0 Å². The highest BCUT2D eigenvalue weighted by molar-refractivity contribution is 5.80. The van der Waals surface area contributed by atoms with Crippen LogP contribution in [0.1, 0.15) is 50.3 Å². The number of ketones is 1. The van der Waals surface area contributed by atoms with Crippen molar-refractivity contribution in [1.29, 1.82) is 0 Å². The number of Topliss-reactive ketones (excluding diaryl/α,β-unsaturated/α-hetero) is 1. The highest BCUT2D eigenvalue weighted by Crippen LogP contribution is 2.33. The molecule has 3 heterocycles. The van der Waals surface area contributed by atoms with E-state index in [-0.39, 0.29) is 0 Å². The van der Waals surface area contributed by atoms with Gasteiger partial charge >= 0.3 is 0 Å². The Balaban J connectivity index is 1.80. The van der Waals surface area contributed by atoms with Crippen LogP contribution in [0.5, 0.6) is 0 Å². The first-order valence-electron chi connectivity index (χ1n) is 7.48. The number of aryl methyl sites for hydroxylation is 1. The molecular weight excluding hydrogens is 236 g/mol. The predicted molar refractivity (Wildman–Crippen MR) is 74.8 cm³/mol. The molecule has 0 aromatic carbocycles. The fraction of sp³-hybridized carbons (Fsp3) is 0.625. The van der Waals surface area contributed by atoms with Crippen molar-refractivity contribution in [2.75, 3.05) is 0 Å². The molecule has 0 radical (unpaired) electrons. The normalized spacial score (nSPS) is 27.5. The standard InChI is InChI=1S/C16H22N2O/c1-2-12-5-4-8-17-16(12)11-18-13-6-3-7-14(18)10-15(19)9-13/h4-5,8,13-14H,2-3,6-7,9-11H2,1H3. The molecule has 2 atom stereocenters. The molecule has 2 aliphatic rings. The minimum absolute atomic E-state index is 0.461. The molecule has 2 bridgehead atoms. The largest absolute Gasteiger partial charge is 0.300 e. The van der Waals surface area contributed by atoms with Crippen molar-refractivity contribution in [3.05, 3.63) is 29.6 Å². The van der Waals surface area contributed by atoms with Crippen molar-refractivity contribution in [2.45, 2.75) is 64.1 Å². The van der Waals surface area contributed by atoms with E-state index < -0.39 is 0 Å². The van der Waals surface area contributed by atoms with Gasteiger partial charge < -0.3 is 0 Å². The van der Waals surface area contributed by atoms with E-state index in [1.807, 2.05) is 12.3 Å². The Morgan fingerprint density at radius 2 is 2.05 bits per heavy atom. The Labute approximate surface area is 115 Å². The zero-order valence-corrected chi connectivity index (χ0v) is 11.6. The van der Waals surface area contributed by atoms with Gasteiger partial charge in [0.05, 0.1) is 5.69 Å². The lowest BCUT2D eigenvalue weighted by atomic mass is 9.83. The van der Waals surface area contributed by atoms with E-state index in [4.69, 9.17) is 0 Å². The Hall–Kier alpha value is -1.22. The highest BCUT2D eigenvalue weighted by atomic mass is 16.1. The monoisotopic (exact) mass is 258 g/mol. The summed E-state index contributed by atoms with van der Waals surface area (Å²) in [4.78, 5) is 18.9. The maximum absolute atomic E-state index is 11.8. The van der Waals surface area contributed by atoms with Crippen LogP contribution >= 0.6 is 0 Å².